The van der Waals surface area contributed by atoms with Gasteiger partial charge < -0.3 is 9.67 Å². The monoisotopic (exact) mass is 232 g/mol. The Kier molecular flexibility index (Phi) is 3.13. The van der Waals surface area contributed by atoms with Crippen LogP contribution in [0, 0.1) is 0 Å². The fourth-order valence-corrected chi connectivity index (χ4v) is 2.16. The van der Waals surface area contributed by atoms with E-state index in [1.165, 1.54) is 0 Å². The van der Waals surface area contributed by atoms with Crippen molar-refractivity contribution < 1.29 is 9.90 Å². The van der Waals surface area contributed by atoms with Crippen LogP contribution in [-0.4, -0.2) is 20.6 Å². The summed E-state index contributed by atoms with van der Waals surface area (Å²) in [6, 6.07) is 5.25. The van der Waals surface area contributed by atoms with Crippen LogP contribution in [-0.2, 0) is 13.0 Å². The van der Waals surface area contributed by atoms with Crippen LogP contribution in [0.3, 0.4) is 0 Å². The number of imidazole rings is 1. The molecular weight excluding hydrogens is 216 g/mol. The van der Waals surface area contributed by atoms with Gasteiger partial charge in [0, 0.05) is 13.0 Å². The molecule has 0 saturated carbocycles. The molecule has 0 fully saturated rings. The number of rotatable bonds is 4. The van der Waals surface area contributed by atoms with Crippen molar-refractivity contribution in [1.29, 1.82) is 0 Å². The number of nitrogens with zero attached hydrogens (tertiary/aromatic N) is 2. The van der Waals surface area contributed by atoms with E-state index in [1.54, 1.807) is 12.1 Å². The Bertz CT molecular complexity index is 558. The Morgan fingerprint density at radius 1 is 1.41 bits per heavy atom. The van der Waals surface area contributed by atoms with Crippen molar-refractivity contribution in [2.75, 3.05) is 0 Å². The van der Waals surface area contributed by atoms with Crippen molar-refractivity contribution in [3.8, 4) is 0 Å². The summed E-state index contributed by atoms with van der Waals surface area (Å²) in [5.41, 5.74) is 1.85. The molecule has 0 aliphatic rings. The van der Waals surface area contributed by atoms with E-state index in [-0.39, 0.29) is 0 Å². The summed E-state index contributed by atoms with van der Waals surface area (Å²) in [5, 5.41) is 9.20. The molecule has 0 bridgehead atoms. The highest BCUT2D eigenvalue weighted by Crippen LogP contribution is 2.21. The summed E-state index contributed by atoms with van der Waals surface area (Å²) in [5.74, 6) is 0.0759. The van der Waals surface area contributed by atoms with Gasteiger partial charge in [0.05, 0.1) is 16.6 Å². The molecule has 1 heterocycles. The third kappa shape index (κ3) is 1.90. The summed E-state index contributed by atoms with van der Waals surface area (Å²) in [4.78, 5) is 15.7. The molecular formula is C13H16N2O2. The van der Waals surface area contributed by atoms with Gasteiger partial charge in [-0.3, -0.25) is 0 Å². The predicted molar refractivity (Wildman–Crippen MR) is 66.4 cm³/mol. The molecule has 4 heteroatoms. The molecule has 1 aromatic carbocycles. The highest BCUT2D eigenvalue weighted by molar-refractivity contribution is 6.01. The van der Waals surface area contributed by atoms with E-state index in [4.69, 9.17) is 0 Å². The molecule has 0 atom stereocenters. The summed E-state index contributed by atoms with van der Waals surface area (Å²) >= 11 is 0. The highest BCUT2D eigenvalue weighted by Gasteiger charge is 2.15. The number of hydrogen-bond acceptors (Lipinski definition) is 2. The van der Waals surface area contributed by atoms with Crippen LogP contribution in [0.1, 0.15) is 36.5 Å². The number of aryl methyl sites for hydroxylation is 2. The molecule has 4 nitrogen and oxygen atoms in total. The van der Waals surface area contributed by atoms with Crippen molar-refractivity contribution in [2.45, 2.75) is 33.2 Å². The molecule has 0 aliphatic heterocycles. The third-order valence-electron chi connectivity index (χ3n) is 2.87. The van der Waals surface area contributed by atoms with E-state index >= 15 is 0 Å². The maximum Gasteiger partial charge on any atom is 0.337 e. The number of para-hydroxylation sites is 1. The van der Waals surface area contributed by atoms with Gasteiger partial charge in [-0.25, -0.2) is 9.78 Å². The van der Waals surface area contributed by atoms with Crippen molar-refractivity contribution in [3.05, 3.63) is 29.6 Å². The van der Waals surface area contributed by atoms with Crippen LogP contribution >= 0.6 is 0 Å². The van der Waals surface area contributed by atoms with Crippen LogP contribution < -0.4 is 0 Å². The smallest absolute Gasteiger partial charge is 0.337 e. The van der Waals surface area contributed by atoms with Gasteiger partial charge >= 0.3 is 5.97 Å². The minimum absolute atomic E-state index is 0.333. The number of aromatic carboxylic acids is 1. The Balaban J connectivity index is 2.74. The fourth-order valence-electron chi connectivity index (χ4n) is 2.16. The summed E-state index contributed by atoms with van der Waals surface area (Å²) < 4.78 is 2.00. The summed E-state index contributed by atoms with van der Waals surface area (Å²) in [6.45, 7) is 4.85. The number of aromatic nitrogens is 2. The van der Waals surface area contributed by atoms with Crippen LogP contribution in [0.2, 0.25) is 0 Å². The zero-order chi connectivity index (χ0) is 12.4. The Morgan fingerprint density at radius 3 is 2.76 bits per heavy atom. The lowest BCUT2D eigenvalue weighted by Gasteiger charge is -2.06. The molecule has 1 N–H and O–H groups in total. The first kappa shape index (κ1) is 11.6. The normalized spacial score (nSPS) is 10.9. The fraction of sp³-hybridized carbons (Fsp3) is 0.385. The van der Waals surface area contributed by atoms with E-state index in [0.29, 0.717) is 5.56 Å². The molecule has 0 amide bonds. The molecule has 2 rings (SSSR count). The second-order valence-electron chi connectivity index (χ2n) is 4.00. The maximum absolute atomic E-state index is 11.2. The molecule has 1 aromatic heterocycles. The molecule has 0 radical (unpaired) electrons. The molecule has 17 heavy (non-hydrogen) atoms. The van der Waals surface area contributed by atoms with E-state index in [1.807, 2.05) is 17.6 Å². The molecule has 0 saturated heterocycles. The quantitative estimate of drug-likeness (QED) is 0.881. The third-order valence-corrected chi connectivity index (χ3v) is 2.87. The summed E-state index contributed by atoms with van der Waals surface area (Å²) in [6.07, 6.45) is 1.88. The largest absolute Gasteiger partial charge is 0.478 e. The van der Waals surface area contributed by atoms with E-state index in [9.17, 15) is 9.90 Å². The highest BCUT2D eigenvalue weighted by atomic mass is 16.4. The predicted octanol–water partition coefficient (Wildman–Crippen LogP) is 2.71. The standard InChI is InChI=1S/C13H16N2O2/c1-3-6-11-14-10-8-5-7-9(13(16)17)12(10)15(11)4-2/h5,7-8H,3-4,6H2,1-2H3,(H,16,17). The average molecular weight is 232 g/mol. The average Bonchev–Trinajstić information content (AvgIpc) is 2.66. The van der Waals surface area contributed by atoms with Gasteiger partial charge in [-0.1, -0.05) is 13.0 Å². The van der Waals surface area contributed by atoms with Gasteiger partial charge in [-0.2, -0.15) is 0 Å². The number of hydrogen-bond donors (Lipinski definition) is 1. The molecule has 0 aliphatic carbocycles. The van der Waals surface area contributed by atoms with E-state index in [0.717, 1.165) is 36.2 Å². The minimum atomic E-state index is -0.895. The van der Waals surface area contributed by atoms with Crippen molar-refractivity contribution >= 4 is 17.0 Å². The lowest BCUT2D eigenvalue weighted by Crippen LogP contribution is -2.05. The number of benzene rings is 1. The molecule has 0 spiro atoms. The Hall–Kier alpha value is -1.84. The number of fused-ring (bicyclic) bond motifs is 1. The van der Waals surface area contributed by atoms with Crippen LogP contribution in [0.15, 0.2) is 18.2 Å². The molecule has 2 aromatic rings. The van der Waals surface area contributed by atoms with Crippen molar-refractivity contribution in [2.24, 2.45) is 0 Å². The van der Waals surface area contributed by atoms with Crippen LogP contribution in [0.25, 0.3) is 11.0 Å². The van der Waals surface area contributed by atoms with Gasteiger partial charge in [-0.15, -0.1) is 0 Å². The second kappa shape index (κ2) is 4.57. The molecule has 90 valence electrons. The van der Waals surface area contributed by atoms with Gasteiger partial charge in [0.25, 0.3) is 0 Å². The van der Waals surface area contributed by atoms with Gasteiger partial charge in [-0.05, 0) is 25.5 Å². The van der Waals surface area contributed by atoms with E-state index in [2.05, 4.69) is 11.9 Å². The number of carbonyl (C=O) groups is 1. The van der Waals surface area contributed by atoms with E-state index < -0.39 is 5.97 Å². The lowest BCUT2D eigenvalue weighted by molar-refractivity contribution is 0.0698. The zero-order valence-electron chi connectivity index (χ0n) is 10.1. The second-order valence-corrected chi connectivity index (χ2v) is 4.00. The maximum atomic E-state index is 11.2. The van der Waals surface area contributed by atoms with Gasteiger partial charge in [0.2, 0.25) is 0 Å². The SMILES string of the molecule is CCCc1nc2cccc(C(=O)O)c2n1CC. The van der Waals surface area contributed by atoms with Crippen molar-refractivity contribution in [1.82, 2.24) is 9.55 Å². The Morgan fingerprint density at radius 2 is 2.18 bits per heavy atom. The first-order valence-electron chi connectivity index (χ1n) is 5.90. The van der Waals surface area contributed by atoms with Gasteiger partial charge in [0.1, 0.15) is 5.82 Å². The van der Waals surface area contributed by atoms with Gasteiger partial charge in [0.15, 0.2) is 0 Å². The number of carboxylic acid groups (broad SMARTS) is 1. The lowest BCUT2D eigenvalue weighted by atomic mass is 10.2. The van der Waals surface area contributed by atoms with Crippen LogP contribution in [0.4, 0.5) is 0 Å². The topological polar surface area (TPSA) is 55.1 Å². The zero-order valence-corrected chi connectivity index (χ0v) is 10.1. The molecule has 0 unspecified atom stereocenters. The number of carboxylic acids is 1. The first-order valence-corrected chi connectivity index (χ1v) is 5.90. The first-order chi connectivity index (χ1) is 8.19. The summed E-state index contributed by atoms with van der Waals surface area (Å²) in [7, 11) is 0. The van der Waals surface area contributed by atoms with Crippen molar-refractivity contribution in [3.63, 3.8) is 0 Å². The minimum Gasteiger partial charge on any atom is -0.478 e. The Labute approximate surface area is 99.9 Å². The van der Waals surface area contributed by atoms with Crippen LogP contribution in [0.5, 0.6) is 0 Å².